The van der Waals surface area contributed by atoms with Crippen molar-refractivity contribution in [3.8, 4) is 0 Å². The fourth-order valence-corrected chi connectivity index (χ4v) is 1.46. The van der Waals surface area contributed by atoms with Crippen LogP contribution in [0.4, 0.5) is 5.69 Å². The van der Waals surface area contributed by atoms with E-state index in [0.717, 1.165) is 6.42 Å². The highest BCUT2D eigenvalue weighted by molar-refractivity contribution is 6.30. The van der Waals surface area contributed by atoms with Crippen molar-refractivity contribution in [3.05, 3.63) is 28.8 Å². The molecule has 1 aromatic rings. The predicted molar refractivity (Wildman–Crippen MR) is 61.9 cm³/mol. The molecule has 0 aliphatic carbocycles. The van der Waals surface area contributed by atoms with Crippen molar-refractivity contribution >= 4 is 17.3 Å². The van der Waals surface area contributed by atoms with Crippen molar-refractivity contribution in [1.29, 1.82) is 0 Å². The highest BCUT2D eigenvalue weighted by atomic mass is 35.5. The summed E-state index contributed by atoms with van der Waals surface area (Å²) in [5.74, 6) is 0. The van der Waals surface area contributed by atoms with Gasteiger partial charge in [-0.2, -0.15) is 0 Å². The molecule has 0 fully saturated rings. The van der Waals surface area contributed by atoms with Crippen LogP contribution in [0.1, 0.15) is 25.0 Å². The Bertz CT molecular complexity index is 317. The zero-order chi connectivity index (χ0) is 11.3. The lowest BCUT2D eigenvalue weighted by Crippen LogP contribution is -2.09. The van der Waals surface area contributed by atoms with Crippen molar-refractivity contribution in [2.45, 2.75) is 19.4 Å². The summed E-state index contributed by atoms with van der Waals surface area (Å²) >= 11 is 5.76. The van der Waals surface area contributed by atoms with Crippen LogP contribution in [0.2, 0.25) is 5.02 Å². The van der Waals surface area contributed by atoms with Gasteiger partial charge in [0, 0.05) is 22.9 Å². The molecule has 0 amide bonds. The van der Waals surface area contributed by atoms with Gasteiger partial charge in [-0.3, -0.25) is 0 Å². The molecule has 1 aromatic carbocycles. The molecule has 0 radical (unpaired) electrons. The van der Waals surface area contributed by atoms with E-state index in [1.165, 1.54) is 0 Å². The average molecular weight is 230 g/mol. The Kier molecular flexibility index (Phi) is 4.88. The summed E-state index contributed by atoms with van der Waals surface area (Å²) in [6, 6.07) is 5.05. The number of hydrogen-bond donors (Lipinski definition) is 2. The minimum atomic E-state index is -0.686. The Morgan fingerprint density at radius 3 is 2.87 bits per heavy atom. The molecule has 84 valence electrons. The van der Waals surface area contributed by atoms with Crippen LogP contribution in [-0.2, 0) is 4.74 Å². The number of hydrogen-bond acceptors (Lipinski definition) is 3. The van der Waals surface area contributed by atoms with Crippen molar-refractivity contribution in [1.82, 2.24) is 0 Å². The van der Waals surface area contributed by atoms with Crippen LogP contribution in [0.25, 0.3) is 0 Å². The summed E-state index contributed by atoms with van der Waals surface area (Å²) in [4.78, 5) is 0. The normalized spacial score (nSPS) is 12.7. The van der Waals surface area contributed by atoms with E-state index in [4.69, 9.17) is 22.1 Å². The van der Waals surface area contributed by atoms with Gasteiger partial charge in [0.1, 0.15) is 6.10 Å². The molecule has 0 bridgehead atoms. The minimum absolute atomic E-state index is 0.264. The molecule has 0 spiro atoms. The summed E-state index contributed by atoms with van der Waals surface area (Å²) in [7, 11) is 0. The molecule has 1 atom stereocenters. The van der Waals surface area contributed by atoms with Crippen molar-refractivity contribution in [2.75, 3.05) is 18.9 Å². The minimum Gasteiger partial charge on any atom is -0.398 e. The van der Waals surface area contributed by atoms with Gasteiger partial charge in [-0.15, -0.1) is 0 Å². The lowest BCUT2D eigenvalue weighted by atomic mass is 10.1. The van der Waals surface area contributed by atoms with Crippen LogP contribution in [-0.4, -0.2) is 18.3 Å². The fraction of sp³-hybridized carbons (Fsp3) is 0.455. The van der Waals surface area contributed by atoms with Gasteiger partial charge in [-0.25, -0.2) is 0 Å². The summed E-state index contributed by atoms with van der Waals surface area (Å²) in [5, 5.41) is 10.3. The third kappa shape index (κ3) is 3.70. The third-order valence-corrected chi connectivity index (χ3v) is 2.27. The Morgan fingerprint density at radius 2 is 2.27 bits per heavy atom. The highest BCUT2D eigenvalue weighted by Gasteiger charge is 2.11. The maximum atomic E-state index is 9.77. The smallest absolute Gasteiger partial charge is 0.104 e. The number of ether oxygens (including phenoxy) is 1. The molecular formula is C11H16ClNO2. The number of rotatable bonds is 5. The zero-order valence-corrected chi connectivity index (χ0v) is 9.50. The summed E-state index contributed by atoms with van der Waals surface area (Å²) in [6.07, 6.45) is 0.247. The monoisotopic (exact) mass is 229 g/mol. The molecule has 0 saturated heterocycles. The van der Waals surface area contributed by atoms with E-state index in [2.05, 4.69) is 0 Å². The third-order valence-electron chi connectivity index (χ3n) is 2.03. The summed E-state index contributed by atoms with van der Waals surface area (Å²) in [5.41, 5.74) is 6.88. The Balaban J connectivity index is 2.61. The first-order valence-corrected chi connectivity index (χ1v) is 5.33. The second kappa shape index (κ2) is 5.95. The lowest BCUT2D eigenvalue weighted by molar-refractivity contribution is 0.0367. The molecule has 0 aliphatic heterocycles. The van der Waals surface area contributed by atoms with Crippen molar-refractivity contribution < 1.29 is 9.84 Å². The van der Waals surface area contributed by atoms with Crippen LogP contribution in [0.3, 0.4) is 0 Å². The SMILES string of the molecule is CCCOCC(O)c1ccc(Cl)cc1N. The van der Waals surface area contributed by atoms with Gasteiger partial charge in [-0.1, -0.05) is 24.6 Å². The predicted octanol–water partition coefficient (Wildman–Crippen LogP) is 2.38. The largest absolute Gasteiger partial charge is 0.398 e. The van der Waals surface area contributed by atoms with Gasteiger partial charge >= 0.3 is 0 Å². The quantitative estimate of drug-likeness (QED) is 0.602. The van der Waals surface area contributed by atoms with Gasteiger partial charge in [0.2, 0.25) is 0 Å². The van der Waals surface area contributed by atoms with E-state index in [-0.39, 0.29) is 6.61 Å². The molecule has 0 aliphatic rings. The van der Waals surface area contributed by atoms with Crippen LogP contribution in [0.5, 0.6) is 0 Å². The molecular weight excluding hydrogens is 214 g/mol. The Morgan fingerprint density at radius 1 is 1.53 bits per heavy atom. The fourth-order valence-electron chi connectivity index (χ4n) is 1.28. The second-order valence-corrected chi connectivity index (χ2v) is 3.80. The van der Waals surface area contributed by atoms with E-state index >= 15 is 0 Å². The molecule has 0 aromatic heterocycles. The number of nitrogens with two attached hydrogens (primary N) is 1. The molecule has 0 saturated carbocycles. The second-order valence-electron chi connectivity index (χ2n) is 3.36. The lowest BCUT2D eigenvalue weighted by Gasteiger charge is -2.13. The number of aliphatic hydroxyl groups is 1. The van der Waals surface area contributed by atoms with Gasteiger partial charge < -0.3 is 15.6 Å². The number of nitrogen functional groups attached to an aromatic ring is 1. The molecule has 3 nitrogen and oxygen atoms in total. The van der Waals surface area contributed by atoms with Crippen LogP contribution >= 0.6 is 11.6 Å². The topological polar surface area (TPSA) is 55.5 Å². The van der Waals surface area contributed by atoms with Gasteiger partial charge in [0.05, 0.1) is 6.61 Å². The first-order valence-electron chi connectivity index (χ1n) is 4.96. The number of halogens is 1. The van der Waals surface area contributed by atoms with Crippen LogP contribution < -0.4 is 5.73 Å². The maximum absolute atomic E-state index is 9.77. The summed E-state index contributed by atoms with van der Waals surface area (Å²) in [6.45, 7) is 2.92. The highest BCUT2D eigenvalue weighted by Crippen LogP contribution is 2.24. The number of aliphatic hydroxyl groups excluding tert-OH is 1. The van der Waals surface area contributed by atoms with Crippen LogP contribution in [0, 0.1) is 0 Å². The molecule has 0 heterocycles. The number of anilines is 1. The first-order chi connectivity index (χ1) is 7.15. The summed E-state index contributed by atoms with van der Waals surface area (Å²) < 4.78 is 5.25. The van der Waals surface area contributed by atoms with E-state index in [1.807, 2.05) is 6.92 Å². The molecule has 4 heteroatoms. The van der Waals surface area contributed by atoms with Crippen molar-refractivity contribution in [3.63, 3.8) is 0 Å². The average Bonchev–Trinajstić information content (AvgIpc) is 2.17. The Hall–Kier alpha value is -0.770. The van der Waals surface area contributed by atoms with Gasteiger partial charge in [0.25, 0.3) is 0 Å². The van der Waals surface area contributed by atoms with E-state index < -0.39 is 6.10 Å². The van der Waals surface area contributed by atoms with E-state index in [0.29, 0.717) is 22.9 Å². The van der Waals surface area contributed by atoms with E-state index in [1.54, 1.807) is 18.2 Å². The molecule has 1 unspecified atom stereocenters. The molecule has 3 N–H and O–H groups in total. The standard InChI is InChI=1S/C11H16ClNO2/c1-2-5-15-7-11(14)9-4-3-8(12)6-10(9)13/h3-4,6,11,14H,2,5,7,13H2,1H3. The van der Waals surface area contributed by atoms with Crippen LogP contribution in [0.15, 0.2) is 18.2 Å². The zero-order valence-electron chi connectivity index (χ0n) is 8.74. The van der Waals surface area contributed by atoms with Crippen molar-refractivity contribution in [2.24, 2.45) is 0 Å². The maximum Gasteiger partial charge on any atom is 0.104 e. The van der Waals surface area contributed by atoms with Gasteiger partial charge in [0.15, 0.2) is 0 Å². The number of benzene rings is 1. The molecule has 1 rings (SSSR count). The Labute approximate surface area is 94.8 Å². The van der Waals surface area contributed by atoms with E-state index in [9.17, 15) is 5.11 Å². The first kappa shape index (κ1) is 12.3. The van der Waals surface area contributed by atoms with Gasteiger partial charge in [-0.05, 0) is 18.6 Å². The molecule has 15 heavy (non-hydrogen) atoms.